The molecule has 1 atom stereocenters. The Kier molecular flexibility index (Phi) is 4.36. The van der Waals surface area contributed by atoms with Crippen LogP contribution in [0.5, 0.6) is 0 Å². The van der Waals surface area contributed by atoms with Gasteiger partial charge in [0.1, 0.15) is 5.82 Å². The maximum atomic E-state index is 12.7. The molecule has 0 aliphatic rings. The van der Waals surface area contributed by atoms with E-state index in [1.165, 1.54) is 0 Å². The first-order valence-corrected chi connectivity index (χ1v) is 6.79. The number of halogens is 4. The third-order valence-corrected chi connectivity index (χ3v) is 3.30. The molecule has 4 nitrogen and oxygen atoms in total. The van der Waals surface area contributed by atoms with Gasteiger partial charge in [0.25, 0.3) is 0 Å². The summed E-state index contributed by atoms with van der Waals surface area (Å²) in [5, 5.41) is 2.88. The van der Waals surface area contributed by atoms with Crippen molar-refractivity contribution < 1.29 is 13.2 Å². The molecule has 0 aliphatic heterocycles. The maximum Gasteiger partial charge on any atom is 0.433 e. The smallest absolute Gasteiger partial charge is 0.368 e. The number of nitrogens with one attached hydrogen (secondary N) is 1. The average molecular weight is 361 g/mol. The number of anilines is 2. The van der Waals surface area contributed by atoms with Crippen molar-refractivity contribution in [3.05, 3.63) is 46.1 Å². The van der Waals surface area contributed by atoms with Crippen molar-refractivity contribution in [3.63, 3.8) is 0 Å². The number of hydrogen-bond donors (Lipinski definition) is 2. The number of nitrogen functional groups attached to an aromatic ring is 1. The largest absolute Gasteiger partial charge is 0.433 e. The fourth-order valence-electron chi connectivity index (χ4n) is 1.74. The van der Waals surface area contributed by atoms with Gasteiger partial charge in [-0.2, -0.15) is 18.2 Å². The summed E-state index contributed by atoms with van der Waals surface area (Å²) < 4.78 is 38.9. The monoisotopic (exact) mass is 360 g/mol. The van der Waals surface area contributed by atoms with E-state index in [0.717, 1.165) is 16.1 Å². The van der Waals surface area contributed by atoms with Crippen LogP contribution >= 0.6 is 15.9 Å². The minimum absolute atomic E-state index is 0.0326. The highest BCUT2D eigenvalue weighted by atomic mass is 79.9. The van der Waals surface area contributed by atoms with Crippen molar-refractivity contribution >= 4 is 27.7 Å². The second-order valence-corrected chi connectivity index (χ2v) is 5.33. The lowest BCUT2D eigenvalue weighted by Gasteiger charge is -2.16. The molecule has 0 spiro atoms. The van der Waals surface area contributed by atoms with Gasteiger partial charge in [0, 0.05) is 16.6 Å². The third kappa shape index (κ3) is 4.07. The molecule has 1 unspecified atom stereocenters. The Morgan fingerprint density at radius 1 is 1.19 bits per heavy atom. The van der Waals surface area contributed by atoms with Gasteiger partial charge >= 0.3 is 6.18 Å². The van der Waals surface area contributed by atoms with E-state index in [1.54, 1.807) is 0 Å². The Morgan fingerprint density at radius 3 is 2.38 bits per heavy atom. The van der Waals surface area contributed by atoms with E-state index < -0.39 is 17.8 Å². The van der Waals surface area contributed by atoms with E-state index in [2.05, 4.69) is 31.2 Å². The Balaban J connectivity index is 2.23. The van der Waals surface area contributed by atoms with Gasteiger partial charge in [0.05, 0.1) is 0 Å². The fraction of sp³-hybridized carbons (Fsp3) is 0.231. The molecule has 21 heavy (non-hydrogen) atoms. The van der Waals surface area contributed by atoms with Crippen LogP contribution in [-0.4, -0.2) is 9.97 Å². The lowest BCUT2D eigenvalue weighted by atomic mass is 10.1. The van der Waals surface area contributed by atoms with Gasteiger partial charge in [-0.25, -0.2) is 4.98 Å². The first kappa shape index (κ1) is 15.6. The van der Waals surface area contributed by atoms with Gasteiger partial charge < -0.3 is 11.1 Å². The second kappa shape index (κ2) is 5.88. The van der Waals surface area contributed by atoms with Crippen LogP contribution in [0, 0.1) is 0 Å². The molecule has 0 fully saturated rings. The molecule has 0 aliphatic carbocycles. The molecule has 0 bridgehead atoms. The van der Waals surface area contributed by atoms with Crippen LogP contribution in [0.4, 0.5) is 24.9 Å². The van der Waals surface area contributed by atoms with E-state index in [0.29, 0.717) is 0 Å². The Morgan fingerprint density at radius 2 is 1.81 bits per heavy atom. The number of alkyl halides is 3. The average Bonchev–Trinajstić information content (AvgIpc) is 2.37. The summed E-state index contributed by atoms with van der Waals surface area (Å²) in [7, 11) is 0. The van der Waals surface area contributed by atoms with E-state index in [-0.39, 0.29) is 11.9 Å². The lowest BCUT2D eigenvalue weighted by molar-refractivity contribution is -0.141. The van der Waals surface area contributed by atoms with Crippen LogP contribution in [0.3, 0.4) is 0 Å². The summed E-state index contributed by atoms with van der Waals surface area (Å²) in [5.41, 5.74) is 5.16. The Hall–Kier alpha value is -1.83. The molecule has 0 saturated carbocycles. The molecule has 8 heteroatoms. The summed E-state index contributed by atoms with van der Waals surface area (Å²) >= 11 is 3.32. The predicted octanol–water partition coefficient (Wildman–Crippen LogP) is 4.01. The topological polar surface area (TPSA) is 63.8 Å². The number of hydrogen-bond acceptors (Lipinski definition) is 4. The van der Waals surface area contributed by atoms with Crippen LogP contribution in [0.25, 0.3) is 0 Å². The van der Waals surface area contributed by atoms with E-state index >= 15 is 0 Å². The van der Waals surface area contributed by atoms with Gasteiger partial charge in [-0.05, 0) is 24.6 Å². The molecule has 3 N–H and O–H groups in total. The minimum Gasteiger partial charge on any atom is -0.368 e. The zero-order chi connectivity index (χ0) is 15.6. The molecule has 2 rings (SSSR count). The first-order valence-electron chi connectivity index (χ1n) is 5.99. The zero-order valence-corrected chi connectivity index (χ0v) is 12.5. The number of nitrogens with two attached hydrogens (primary N) is 1. The van der Waals surface area contributed by atoms with E-state index in [9.17, 15) is 13.2 Å². The zero-order valence-electron chi connectivity index (χ0n) is 10.9. The normalized spacial score (nSPS) is 13.0. The van der Waals surface area contributed by atoms with Crippen LogP contribution in [0.15, 0.2) is 34.8 Å². The second-order valence-electron chi connectivity index (χ2n) is 4.41. The maximum absolute atomic E-state index is 12.7. The van der Waals surface area contributed by atoms with Crippen molar-refractivity contribution in [2.45, 2.75) is 19.1 Å². The van der Waals surface area contributed by atoms with Crippen LogP contribution in [0.1, 0.15) is 24.2 Å². The summed E-state index contributed by atoms with van der Waals surface area (Å²) in [6.45, 7) is 1.81. The van der Waals surface area contributed by atoms with E-state index in [4.69, 9.17) is 5.73 Å². The van der Waals surface area contributed by atoms with Gasteiger partial charge in [0.15, 0.2) is 5.69 Å². The molecule has 0 amide bonds. The lowest BCUT2D eigenvalue weighted by Crippen LogP contribution is -2.14. The van der Waals surface area contributed by atoms with Gasteiger partial charge in [-0.15, -0.1) is 0 Å². The summed E-state index contributed by atoms with van der Waals surface area (Å²) in [4.78, 5) is 6.97. The highest BCUT2D eigenvalue weighted by Crippen LogP contribution is 2.30. The molecular weight excluding hydrogens is 349 g/mol. The fourth-order valence-corrected chi connectivity index (χ4v) is 2.01. The minimum atomic E-state index is -4.56. The molecule has 1 aromatic heterocycles. The predicted molar refractivity (Wildman–Crippen MR) is 77.6 cm³/mol. The molecule has 2 aromatic rings. The standard InChI is InChI=1S/C13H12BrF3N4/c1-7(8-2-4-9(14)5-3-8)19-11-6-10(13(15,16)17)20-12(18)21-11/h2-7H,1H3,(H3,18,19,20,21). The molecule has 112 valence electrons. The molecule has 1 aromatic carbocycles. The van der Waals surface area contributed by atoms with Crippen molar-refractivity contribution in [1.82, 2.24) is 9.97 Å². The number of benzene rings is 1. The van der Waals surface area contributed by atoms with Crippen LogP contribution < -0.4 is 11.1 Å². The van der Waals surface area contributed by atoms with Gasteiger partial charge in [-0.3, -0.25) is 0 Å². The Bertz CT molecular complexity index is 628. The van der Waals surface area contributed by atoms with Crippen LogP contribution in [-0.2, 0) is 6.18 Å². The Labute approximate surface area is 127 Å². The summed E-state index contributed by atoms with van der Waals surface area (Å²) in [6, 6.07) is 8.03. The van der Waals surface area contributed by atoms with Crippen molar-refractivity contribution in [2.75, 3.05) is 11.1 Å². The van der Waals surface area contributed by atoms with Crippen molar-refractivity contribution in [1.29, 1.82) is 0 Å². The number of nitrogens with zero attached hydrogens (tertiary/aromatic N) is 2. The summed E-state index contributed by atoms with van der Waals surface area (Å²) in [5.74, 6) is -0.388. The highest BCUT2D eigenvalue weighted by molar-refractivity contribution is 9.10. The summed E-state index contributed by atoms with van der Waals surface area (Å²) in [6.07, 6.45) is -4.56. The van der Waals surface area contributed by atoms with E-state index in [1.807, 2.05) is 31.2 Å². The molecule has 0 radical (unpaired) electrons. The van der Waals surface area contributed by atoms with Gasteiger partial charge in [-0.1, -0.05) is 28.1 Å². The quantitative estimate of drug-likeness (QED) is 0.867. The molecule has 1 heterocycles. The SMILES string of the molecule is CC(Nc1cc(C(F)(F)F)nc(N)n1)c1ccc(Br)cc1. The highest BCUT2D eigenvalue weighted by Gasteiger charge is 2.33. The van der Waals surface area contributed by atoms with Crippen molar-refractivity contribution in [3.8, 4) is 0 Å². The van der Waals surface area contributed by atoms with Crippen molar-refractivity contribution in [2.24, 2.45) is 0 Å². The number of aromatic nitrogens is 2. The van der Waals surface area contributed by atoms with Crippen LogP contribution in [0.2, 0.25) is 0 Å². The molecule has 0 saturated heterocycles. The first-order chi connectivity index (χ1) is 9.75. The molecular formula is C13H12BrF3N4. The third-order valence-electron chi connectivity index (χ3n) is 2.77. The van der Waals surface area contributed by atoms with Gasteiger partial charge in [0.2, 0.25) is 5.95 Å². The number of rotatable bonds is 3.